The molecule has 0 radical (unpaired) electrons. The highest BCUT2D eigenvalue weighted by atomic mass is 127. The molecule has 10 heteroatoms. The summed E-state index contributed by atoms with van der Waals surface area (Å²) in [5.74, 6) is -1.79. The van der Waals surface area contributed by atoms with Crippen LogP contribution in [-0.2, 0) is 0 Å². The van der Waals surface area contributed by atoms with Gasteiger partial charge in [-0.05, 0) is 87.1 Å². The lowest BCUT2D eigenvalue weighted by molar-refractivity contribution is 0.590. The van der Waals surface area contributed by atoms with Gasteiger partial charge in [-0.1, -0.05) is 12.1 Å². The zero-order valence-electron chi connectivity index (χ0n) is 16.1. The first kappa shape index (κ1) is 23.9. The number of nitrogens with one attached hydrogen (secondary N) is 2. The van der Waals surface area contributed by atoms with E-state index in [9.17, 15) is 17.6 Å². The summed E-state index contributed by atoms with van der Waals surface area (Å²) in [6.07, 6.45) is 3.16. The third-order valence-electron chi connectivity index (χ3n) is 3.89. The molecule has 164 valence electrons. The Morgan fingerprint density at radius 3 is 1.44 bits per heavy atom. The number of hydrogen-bond acceptors (Lipinski definition) is 4. The van der Waals surface area contributed by atoms with E-state index in [1.165, 1.54) is 36.4 Å². The summed E-state index contributed by atoms with van der Waals surface area (Å²) in [6, 6.07) is 14.2. The van der Waals surface area contributed by atoms with E-state index < -0.39 is 23.3 Å². The Morgan fingerprint density at radius 2 is 1.06 bits per heavy atom. The van der Waals surface area contributed by atoms with Crippen molar-refractivity contribution in [3.8, 4) is 0 Å². The number of rotatable bonds is 4. The van der Waals surface area contributed by atoms with Crippen LogP contribution in [0.25, 0.3) is 0 Å². The standard InChI is InChI=1S/C11H7BrF2N2.C11H7F2IN2/c12-7-4-5-10(15-6-7)16-11-8(13)2-1-3-9(11)14;12-8-2-1-3-9(13)11(8)16-10-5-4-7(14)6-15-10/h2*1-6H,(H,15,16). The minimum Gasteiger partial charge on any atom is -0.335 e. The van der Waals surface area contributed by atoms with E-state index in [0.717, 1.165) is 8.04 Å². The predicted octanol–water partition coefficient (Wildman–Crippen LogP) is 7.57. The Morgan fingerprint density at radius 1 is 0.625 bits per heavy atom. The van der Waals surface area contributed by atoms with E-state index in [-0.39, 0.29) is 11.4 Å². The fraction of sp³-hybridized carbons (Fsp3) is 0. The van der Waals surface area contributed by atoms with Crippen LogP contribution in [0.2, 0.25) is 0 Å². The largest absolute Gasteiger partial charge is 0.335 e. The molecule has 0 fully saturated rings. The van der Waals surface area contributed by atoms with Crippen LogP contribution in [0.15, 0.2) is 77.5 Å². The van der Waals surface area contributed by atoms with Crippen molar-refractivity contribution in [1.82, 2.24) is 9.97 Å². The van der Waals surface area contributed by atoms with Crippen molar-refractivity contribution in [3.05, 3.63) is 104 Å². The molecule has 0 spiro atoms. The van der Waals surface area contributed by atoms with Gasteiger partial charge in [0.15, 0.2) is 0 Å². The minimum atomic E-state index is -0.648. The first-order valence-corrected chi connectivity index (χ1v) is 10.9. The quantitative estimate of drug-likeness (QED) is 0.183. The van der Waals surface area contributed by atoms with E-state index in [1.807, 2.05) is 0 Å². The monoisotopic (exact) mass is 616 g/mol. The van der Waals surface area contributed by atoms with Crippen molar-refractivity contribution in [1.29, 1.82) is 0 Å². The molecule has 0 saturated heterocycles. The van der Waals surface area contributed by atoms with Gasteiger partial charge in [0, 0.05) is 20.4 Å². The molecule has 2 heterocycles. The van der Waals surface area contributed by atoms with Crippen molar-refractivity contribution in [2.24, 2.45) is 0 Å². The Hall–Kier alpha value is -2.73. The summed E-state index contributed by atoms with van der Waals surface area (Å²) in [6.45, 7) is 0. The molecule has 4 aromatic rings. The van der Waals surface area contributed by atoms with Gasteiger partial charge >= 0.3 is 0 Å². The van der Waals surface area contributed by atoms with E-state index in [4.69, 9.17) is 0 Å². The van der Waals surface area contributed by atoms with Crippen molar-refractivity contribution < 1.29 is 17.6 Å². The highest BCUT2D eigenvalue weighted by Gasteiger charge is 2.09. The number of pyridine rings is 2. The van der Waals surface area contributed by atoms with Gasteiger partial charge in [-0.3, -0.25) is 0 Å². The lowest BCUT2D eigenvalue weighted by Gasteiger charge is -2.07. The van der Waals surface area contributed by atoms with Crippen LogP contribution in [-0.4, -0.2) is 9.97 Å². The van der Waals surface area contributed by atoms with Gasteiger partial charge in [0.25, 0.3) is 0 Å². The SMILES string of the molecule is Fc1cccc(F)c1Nc1ccc(Br)cn1.Fc1cccc(F)c1Nc1ccc(I)cn1. The van der Waals surface area contributed by atoms with Crippen LogP contribution in [0, 0.1) is 26.8 Å². The first-order chi connectivity index (χ1) is 15.3. The Balaban J connectivity index is 0.000000181. The Kier molecular flexibility index (Phi) is 8.39. The lowest BCUT2D eigenvalue weighted by atomic mass is 10.3. The molecular formula is C22H14BrF4IN4. The summed E-state index contributed by atoms with van der Waals surface area (Å²) in [5.41, 5.74) is -0.381. The maximum absolute atomic E-state index is 13.3. The third kappa shape index (κ3) is 6.63. The molecule has 4 rings (SSSR count). The molecule has 0 saturated carbocycles. The highest BCUT2D eigenvalue weighted by Crippen LogP contribution is 2.23. The second kappa shape index (κ2) is 11.2. The minimum absolute atomic E-state index is 0.184. The van der Waals surface area contributed by atoms with Crippen LogP contribution in [0.4, 0.5) is 40.6 Å². The van der Waals surface area contributed by atoms with Crippen LogP contribution in [0.5, 0.6) is 0 Å². The average Bonchev–Trinajstić information content (AvgIpc) is 2.77. The van der Waals surface area contributed by atoms with Gasteiger partial charge in [0.2, 0.25) is 0 Å². The Bertz CT molecular complexity index is 1060. The number of benzene rings is 2. The topological polar surface area (TPSA) is 49.8 Å². The van der Waals surface area contributed by atoms with Crippen molar-refractivity contribution >= 4 is 61.5 Å². The molecule has 0 aliphatic heterocycles. The molecule has 2 aromatic carbocycles. The van der Waals surface area contributed by atoms with E-state index in [1.54, 1.807) is 36.7 Å². The lowest BCUT2D eigenvalue weighted by Crippen LogP contribution is -1.98. The zero-order valence-corrected chi connectivity index (χ0v) is 19.8. The van der Waals surface area contributed by atoms with Gasteiger partial charge in [0.05, 0.1) is 0 Å². The number of nitrogens with zero attached hydrogens (tertiary/aromatic N) is 2. The van der Waals surface area contributed by atoms with Crippen LogP contribution >= 0.6 is 38.5 Å². The van der Waals surface area contributed by atoms with Crippen molar-refractivity contribution in [3.63, 3.8) is 0 Å². The van der Waals surface area contributed by atoms with Gasteiger partial charge in [-0.2, -0.15) is 0 Å². The van der Waals surface area contributed by atoms with Crippen molar-refractivity contribution in [2.75, 3.05) is 10.6 Å². The van der Waals surface area contributed by atoms with Gasteiger partial charge in [-0.15, -0.1) is 0 Å². The fourth-order valence-corrected chi connectivity index (χ4v) is 2.94. The van der Waals surface area contributed by atoms with Crippen LogP contribution in [0.3, 0.4) is 0 Å². The van der Waals surface area contributed by atoms with Gasteiger partial charge in [-0.25, -0.2) is 27.5 Å². The Labute approximate surface area is 203 Å². The van der Waals surface area contributed by atoms with E-state index in [2.05, 4.69) is 59.1 Å². The number of hydrogen-bond donors (Lipinski definition) is 2. The molecule has 2 N–H and O–H groups in total. The maximum atomic E-state index is 13.3. The third-order valence-corrected chi connectivity index (χ3v) is 4.99. The molecule has 2 aromatic heterocycles. The maximum Gasteiger partial charge on any atom is 0.149 e. The molecule has 4 nitrogen and oxygen atoms in total. The summed E-state index contributed by atoms with van der Waals surface area (Å²) < 4.78 is 54.9. The number of anilines is 4. The van der Waals surface area contributed by atoms with E-state index >= 15 is 0 Å². The molecule has 0 amide bonds. The van der Waals surface area contributed by atoms with E-state index in [0.29, 0.717) is 11.6 Å². The zero-order chi connectivity index (χ0) is 23.1. The van der Waals surface area contributed by atoms with Gasteiger partial charge in [0.1, 0.15) is 46.3 Å². The predicted molar refractivity (Wildman–Crippen MR) is 128 cm³/mol. The average molecular weight is 617 g/mol. The molecular weight excluding hydrogens is 603 g/mol. The number of aromatic nitrogens is 2. The second-order valence-electron chi connectivity index (χ2n) is 6.17. The smallest absolute Gasteiger partial charge is 0.149 e. The summed E-state index contributed by atoms with van der Waals surface area (Å²) in [5, 5.41) is 5.19. The highest BCUT2D eigenvalue weighted by molar-refractivity contribution is 14.1. The second-order valence-corrected chi connectivity index (χ2v) is 8.33. The molecule has 0 aliphatic carbocycles. The molecule has 0 aliphatic rings. The molecule has 32 heavy (non-hydrogen) atoms. The summed E-state index contributed by atoms with van der Waals surface area (Å²) in [4.78, 5) is 7.97. The molecule has 0 unspecified atom stereocenters. The number of para-hydroxylation sites is 2. The number of halogens is 6. The molecule has 0 bridgehead atoms. The van der Waals surface area contributed by atoms with Gasteiger partial charge < -0.3 is 10.6 Å². The summed E-state index contributed by atoms with van der Waals surface area (Å²) >= 11 is 5.32. The first-order valence-electron chi connectivity index (χ1n) is 8.98. The normalized spacial score (nSPS) is 10.2. The van der Waals surface area contributed by atoms with Crippen molar-refractivity contribution in [2.45, 2.75) is 0 Å². The summed E-state index contributed by atoms with van der Waals surface area (Å²) in [7, 11) is 0. The fourth-order valence-electron chi connectivity index (χ4n) is 2.39. The van der Waals surface area contributed by atoms with Crippen LogP contribution in [0.1, 0.15) is 0 Å². The van der Waals surface area contributed by atoms with Crippen LogP contribution < -0.4 is 10.6 Å². The molecule has 0 atom stereocenters.